The summed E-state index contributed by atoms with van der Waals surface area (Å²) in [6.45, 7) is 0.926. The highest BCUT2D eigenvalue weighted by atomic mass is 35.5. The van der Waals surface area contributed by atoms with Crippen LogP contribution in [0.3, 0.4) is 0 Å². The quantitative estimate of drug-likeness (QED) is 0.682. The van der Waals surface area contributed by atoms with E-state index in [1.54, 1.807) is 11.8 Å². The Morgan fingerprint density at radius 2 is 1.79 bits per heavy atom. The maximum absolute atomic E-state index is 6.10. The number of benzene rings is 2. The van der Waals surface area contributed by atoms with E-state index >= 15 is 0 Å². The number of halogens is 2. The van der Waals surface area contributed by atoms with Crippen molar-refractivity contribution in [3.63, 3.8) is 0 Å². The summed E-state index contributed by atoms with van der Waals surface area (Å²) in [5.41, 5.74) is 2.48. The molecule has 2 aromatic rings. The van der Waals surface area contributed by atoms with E-state index in [1.807, 2.05) is 12.1 Å². The van der Waals surface area contributed by atoms with Gasteiger partial charge in [0.2, 0.25) is 0 Å². The summed E-state index contributed by atoms with van der Waals surface area (Å²) < 4.78 is 0. The lowest BCUT2D eigenvalue weighted by molar-refractivity contribution is 0.871. The topological polar surface area (TPSA) is 3.24 Å². The zero-order chi connectivity index (χ0) is 13.2. The van der Waals surface area contributed by atoms with Crippen molar-refractivity contribution in [1.29, 1.82) is 0 Å². The van der Waals surface area contributed by atoms with Crippen LogP contribution in [0, 0.1) is 0 Å². The minimum absolute atomic E-state index is 0.675. The molecule has 98 valence electrons. The zero-order valence-corrected chi connectivity index (χ0v) is 12.6. The van der Waals surface area contributed by atoms with E-state index < -0.39 is 0 Å². The van der Waals surface area contributed by atoms with Gasteiger partial charge in [0.25, 0.3) is 0 Å². The summed E-state index contributed by atoms with van der Waals surface area (Å²) in [4.78, 5) is 4.81. The molecule has 0 aromatic heterocycles. The lowest BCUT2D eigenvalue weighted by atomic mass is 10.2. The van der Waals surface area contributed by atoms with E-state index in [0.29, 0.717) is 5.88 Å². The molecular weight excluding hydrogens is 297 g/mol. The van der Waals surface area contributed by atoms with Crippen molar-refractivity contribution in [2.24, 2.45) is 0 Å². The molecule has 0 atom stereocenters. The number of hydrogen-bond acceptors (Lipinski definition) is 2. The molecule has 1 heterocycles. The molecule has 0 fully saturated rings. The van der Waals surface area contributed by atoms with Crippen molar-refractivity contribution in [2.75, 3.05) is 17.3 Å². The van der Waals surface area contributed by atoms with E-state index in [9.17, 15) is 0 Å². The Morgan fingerprint density at radius 3 is 2.63 bits per heavy atom. The molecule has 0 aliphatic carbocycles. The molecule has 19 heavy (non-hydrogen) atoms. The lowest BCUT2D eigenvalue weighted by Gasteiger charge is -2.32. The lowest BCUT2D eigenvalue weighted by Crippen LogP contribution is -2.22. The maximum Gasteiger partial charge on any atom is 0.0553 e. The molecule has 0 amide bonds. The number of rotatable bonds is 3. The summed E-state index contributed by atoms with van der Waals surface area (Å²) in [6, 6.07) is 14.5. The van der Waals surface area contributed by atoms with Crippen LogP contribution in [-0.4, -0.2) is 12.4 Å². The smallest absolute Gasteiger partial charge is 0.0553 e. The standard InChI is InChI=1S/C15H13Cl2NS/c16-8-3-9-18-12-4-1-2-5-14(12)19-15-10-11(17)6-7-13(15)18/h1-2,4-7,10H,3,8-9H2. The summed E-state index contributed by atoms with van der Waals surface area (Å²) in [7, 11) is 0. The molecule has 1 aliphatic rings. The summed E-state index contributed by atoms with van der Waals surface area (Å²) in [6.07, 6.45) is 0.961. The second-order valence-electron chi connectivity index (χ2n) is 4.38. The number of fused-ring (bicyclic) bond motifs is 2. The number of nitrogens with zero attached hydrogens (tertiary/aromatic N) is 1. The summed E-state index contributed by atoms with van der Waals surface area (Å²) in [5, 5.41) is 0.780. The van der Waals surface area contributed by atoms with Gasteiger partial charge in [0.05, 0.1) is 11.4 Å². The molecular formula is C15H13Cl2NS. The van der Waals surface area contributed by atoms with Gasteiger partial charge in [-0.2, -0.15) is 0 Å². The van der Waals surface area contributed by atoms with Gasteiger partial charge in [0.1, 0.15) is 0 Å². The van der Waals surface area contributed by atoms with Crippen molar-refractivity contribution >= 4 is 46.3 Å². The van der Waals surface area contributed by atoms with Crippen LogP contribution in [0.2, 0.25) is 5.02 Å². The van der Waals surface area contributed by atoms with Crippen LogP contribution in [0.25, 0.3) is 0 Å². The third-order valence-electron chi connectivity index (χ3n) is 3.10. The van der Waals surface area contributed by atoms with Crippen LogP contribution in [0.1, 0.15) is 6.42 Å². The predicted molar refractivity (Wildman–Crippen MR) is 84.4 cm³/mol. The minimum Gasteiger partial charge on any atom is -0.340 e. The molecule has 0 unspecified atom stereocenters. The van der Waals surface area contributed by atoms with Crippen LogP contribution in [0.4, 0.5) is 11.4 Å². The molecule has 0 N–H and O–H groups in total. The average Bonchev–Trinajstić information content (AvgIpc) is 2.43. The van der Waals surface area contributed by atoms with Crippen molar-refractivity contribution < 1.29 is 0 Å². The van der Waals surface area contributed by atoms with Crippen molar-refractivity contribution in [3.05, 3.63) is 47.5 Å². The van der Waals surface area contributed by atoms with E-state index in [2.05, 4.69) is 35.2 Å². The van der Waals surface area contributed by atoms with Gasteiger partial charge in [-0.05, 0) is 36.8 Å². The van der Waals surface area contributed by atoms with Crippen LogP contribution in [0.5, 0.6) is 0 Å². The Labute approximate surface area is 127 Å². The minimum atomic E-state index is 0.675. The SMILES string of the molecule is ClCCCN1c2ccccc2Sc2cc(Cl)ccc21. The summed E-state index contributed by atoms with van der Waals surface area (Å²) in [5.74, 6) is 0.675. The Balaban J connectivity index is 2.07. The molecule has 1 nitrogen and oxygen atoms in total. The zero-order valence-electron chi connectivity index (χ0n) is 10.3. The van der Waals surface area contributed by atoms with Crippen LogP contribution >= 0.6 is 35.0 Å². The first-order chi connectivity index (χ1) is 9.29. The third-order valence-corrected chi connectivity index (χ3v) is 4.72. The van der Waals surface area contributed by atoms with E-state index in [0.717, 1.165) is 18.0 Å². The normalized spacial score (nSPS) is 13.1. The number of hydrogen-bond donors (Lipinski definition) is 0. The van der Waals surface area contributed by atoms with Gasteiger partial charge in [-0.15, -0.1) is 11.6 Å². The van der Waals surface area contributed by atoms with Crippen LogP contribution in [-0.2, 0) is 0 Å². The van der Waals surface area contributed by atoms with Crippen molar-refractivity contribution in [1.82, 2.24) is 0 Å². The highest BCUT2D eigenvalue weighted by Gasteiger charge is 2.22. The summed E-state index contributed by atoms with van der Waals surface area (Å²) >= 11 is 13.7. The van der Waals surface area contributed by atoms with Crippen LogP contribution in [0.15, 0.2) is 52.3 Å². The Kier molecular flexibility index (Phi) is 3.92. The fourth-order valence-corrected chi connectivity index (χ4v) is 3.76. The Bertz CT molecular complexity index is 600. The maximum atomic E-state index is 6.10. The molecule has 0 spiro atoms. The first-order valence-corrected chi connectivity index (χ1v) is 7.92. The van der Waals surface area contributed by atoms with Gasteiger partial charge in [-0.1, -0.05) is 35.5 Å². The largest absolute Gasteiger partial charge is 0.340 e. The Morgan fingerprint density at radius 1 is 1.00 bits per heavy atom. The van der Waals surface area contributed by atoms with Gasteiger partial charge in [-0.3, -0.25) is 0 Å². The van der Waals surface area contributed by atoms with Gasteiger partial charge >= 0.3 is 0 Å². The molecule has 3 rings (SSSR count). The molecule has 4 heteroatoms. The average molecular weight is 310 g/mol. The highest BCUT2D eigenvalue weighted by Crippen LogP contribution is 2.48. The predicted octanol–water partition coefficient (Wildman–Crippen LogP) is 5.57. The van der Waals surface area contributed by atoms with Gasteiger partial charge < -0.3 is 4.90 Å². The van der Waals surface area contributed by atoms with E-state index in [-0.39, 0.29) is 0 Å². The second-order valence-corrected chi connectivity index (χ2v) is 6.27. The second kappa shape index (κ2) is 5.66. The molecule has 0 radical (unpaired) electrons. The first kappa shape index (κ1) is 13.2. The van der Waals surface area contributed by atoms with Gasteiger partial charge in [0.15, 0.2) is 0 Å². The molecule has 0 saturated heterocycles. The van der Waals surface area contributed by atoms with E-state index in [4.69, 9.17) is 23.2 Å². The third kappa shape index (κ3) is 2.58. The van der Waals surface area contributed by atoms with Crippen molar-refractivity contribution in [2.45, 2.75) is 16.2 Å². The van der Waals surface area contributed by atoms with Crippen LogP contribution < -0.4 is 4.90 Å². The van der Waals surface area contributed by atoms with Crippen molar-refractivity contribution in [3.8, 4) is 0 Å². The molecule has 0 bridgehead atoms. The molecule has 1 aliphatic heterocycles. The Hall–Kier alpha value is -0.830. The van der Waals surface area contributed by atoms with Gasteiger partial charge in [-0.25, -0.2) is 0 Å². The number of para-hydroxylation sites is 1. The monoisotopic (exact) mass is 309 g/mol. The highest BCUT2D eigenvalue weighted by molar-refractivity contribution is 7.99. The number of alkyl halides is 1. The fraction of sp³-hybridized carbons (Fsp3) is 0.200. The first-order valence-electron chi connectivity index (χ1n) is 6.19. The molecule has 2 aromatic carbocycles. The van der Waals surface area contributed by atoms with Gasteiger partial charge in [0, 0.05) is 27.2 Å². The van der Waals surface area contributed by atoms with E-state index in [1.165, 1.54) is 21.2 Å². The molecule has 0 saturated carbocycles. The fourth-order valence-electron chi connectivity index (χ4n) is 2.27. The number of anilines is 2.